The van der Waals surface area contributed by atoms with Gasteiger partial charge in [-0.1, -0.05) is 0 Å². The van der Waals surface area contributed by atoms with Crippen LogP contribution >= 0.6 is 0 Å². The fourth-order valence-electron chi connectivity index (χ4n) is 3.81. The second kappa shape index (κ2) is 9.53. The SMILES string of the molecule is CC(=NC1CCNCC1)/C(=N\N)c1cc(O[C@H](C)c2ccncn2)n2c(C#N)cnc2c1. The number of aliphatic imine (C=N–C) groups is 1. The number of hydrogen-bond donors (Lipinski definition) is 2. The number of pyridine rings is 1. The Hall–Kier alpha value is -3.84. The number of nitrogens with zero attached hydrogens (tertiary/aromatic N) is 7. The maximum atomic E-state index is 9.54. The minimum absolute atomic E-state index is 0.238. The van der Waals surface area contributed by atoms with Crippen molar-refractivity contribution in [3.63, 3.8) is 0 Å². The lowest BCUT2D eigenvalue weighted by Crippen LogP contribution is -2.31. The van der Waals surface area contributed by atoms with E-state index in [0.29, 0.717) is 28.6 Å². The van der Waals surface area contributed by atoms with Gasteiger partial charge in [-0.15, -0.1) is 0 Å². The first-order chi connectivity index (χ1) is 15.6. The number of piperidine rings is 1. The Kier molecular flexibility index (Phi) is 6.37. The molecule has 4 heterocycles. The predicted molar refractivity (Wildman–Crippen MR) is 121 cm³/mol. The molecule has 0 amide bonds. The second-order valence-corrected chi connectivity index (χ2v) is 7.60. The summed E-state index contributed by atoms with van der Waals surface area (Å²) in [6.07, 6.45) is 6.21. The first kappa shape index (κ1) is 21.4. The number of nitrogens with one attached hydrogen (secondary N) is 1. The molecular formula is C22H25N9O. The Balaban J connectivity index is 1.73. The van der Waals surface area contributed by atoms with E-state index in [4.69, 9.17) is 15.6 Å². The molecular weight excluding hydrogens is 406 g/mol. The van der Waals surface area contributed by atoms with Crippen molar-refractivity contribution in [1.82, 2.24) is 24.7 Å². The van der Waals surface area contributed by atoms with Gasteiger partial charge in [-0.25, -0.2) is 15.0 Å². The lowest BCUT2D eigenvalue weighted by Gasteiger charge is -2.20. The van der Waals surface area contributed by atoms with Crippen molar-refractivity contribution < 1.29 is 4.74 Å². The number of hydrogen-bond acceptors (Lipinski definition) is 9. The van der Waals surface area contributed by atoms with Crippen LogP contribution in [0, 0.1) is 11.3 Å². The van der Waals surface area contributed by atoms with Gasteiger partial charge in [0.25, 0.3) is 0 Å². The summed E-state index contributed by atoms with van der Waals surface area (Å²) in [5.74, 6) is 6.22. The van der Waals surface area contributed by atoms with E-state index in [0.717, 1.165) is 37.2 Å². The van der Waals surface area contributed by atoms with E-state index in [1.807, 2.05) is 19.9 Å². The lowest BCUT2D eigenvalue weighted by molar-refractivity contribution is 0.209. The summed E-state index contributed by atoms with van der Waals surface area (Å²) in [6.45, 7) is 5.69. The highest BCUT2D eigenvalue weighted by molar-refractivity contribution is 6.47. The second-order valence-electron chi connectivity index (χ2n) is 7.60. The molecule has 10 heteroatoms. The van der Waals surface area contributed by atoms with Gasteiger partial charge in [0.1, 0.15) is 35.6 Å². The van der Waals surface area contributed by atoms with E-state index in [2.05, 4.69) is 31.4 Å². The zero-order valence-corrected chi connectivity index (χ0v) is 18.1. The Morgan fingerprint density at radius 2 is 2.16 bits per heavy atom. The number of fused-ring (bicyclic) bond motifs is 1. The minimum Gasteiger partial charge on any atom is -0.469 e. The molecule has 1 aliphatic heterocycles. The normalized spacial score (nSPS) is 16.7. The molecule has 1 saturated heterocycles. The quantitative estimate of drug-likeness (QED) is 0.346. The third kappa shape index (κ3) is 4.43. The molecule has 3 aromatic heterocycles. The molecule has 1 fully saturated rings. The first-order valence-electron chi connectivity index (χ1n) is 10.5. The monoisotopic (exact) mass is 431 g/mol. The largest absolute Gasteiger partial charge is 0.469 e. The fourth-order valence-corrected chi connectivity index (χ4v) is 3.81. The van der Waals surface area contributed by atoms with Crippen molar-refractivity contribution in [2.45, 2.75) is 38.8 Å². The Morgan fingerprint density at radius 3 is 2.84 bits per heavy atom. The standard InChI is InChI=1S/C22H25N9O/c1-14(29-17-3-6-25-7-4-17)22(30-24)16-9-20-27-12-18(11-23)31(20)21(10-16)32-15(2)19-5-8-26-13-28-19/h5,8-10,12-13,15,17,25H,3-4,6-7,24H2,1-2H3/b29-14?,30-22+/t15-/m1/s1. The summed E-state index contributed by atoms with van der Waals surface area (Å²) >= 11 is 0. The molecule has 0 bridgehead atoms. The molecule has 1 aliphatic rings. The van der Waals surface area contributed by atoms with Crippen molar-refractivity contribution in [3.05, 3.63) is 53.9 Å². The number of aromatic nitrogens is 4. The molecule has 10 nitrogen and oxygen atoms in total. The maximum absolute atomic E-state index is 9.54. The molecule has 3 aromatic rings. The third-order valence-corrected chi connectivity index (χ3v) is 5.44. The molecule has 164 valence electrons. The summed E-state index contributed by atoms with van der Waals surface area (Å²) in [5.41, 5.74) is 3.67. The van der Waals surface area contributed by atoms with E-state index in [-0.39, 0.29) is 12.1 Å². The number of rotatable bonds is 6. The van der Waals surface area contributed by atoms with Crippen LogP contribution in [0.2, 0.25) is 0 Å². The average molecular weight is 432 g/mol. The van der Waals surface area contributed by atoms with Crippen LogP contribution in [0.3, 0.4) is 0 Å². The lowest BCUT2D eigenvalue weighted by atomic mass is 10.0. The molecule has 0 radical (unpaired) electrons. The Labute approximate surface area is 185 Å². The van der Waals surface area contributed by atoms with Crippen LogP contribution in [-0.4, -0.2) is 49.9 Å². The predicted octanol–water partition coefficient (Wildman–Crippen LogP) is 2.01. The topological polar surface area (TPSA) is 139 Å². The fraction of sp³-hybridized carbons (Fsp3) is 0.364. The van der Waals surface area contributed by atoms with E-state index < -0.39 is 0 Å². The maximum Gasteiger partial charge on any atom is 0.201 e. The molecule has 0 aliphatic carbocycles. The molecule has 0 unspecified atom stereocenters. The van der Waals surface area contributed by atoms with E-state index in [1.54, 1.807) is 22.7 Å². The van der Waals surface area contributed by atoms with Crippen molar-refractivity contribution >= 4 is 17.1 Å². The number of nitrogens with two attached hydrogens (primary N) is 1. The highest BCUT2D eigenvalue weighted by Crippen LogP contribution is 2.26. The van der Waals surface area contributed by atoms with Crippen LogP contribution < -0.4 is 15.9 Å². The molecule has 0 spiro atoms. The van der Waals surface area contributed by atoms with Gasteiger partial charge < -0.3 is 15.9 Å². The molecule has 4 rings (SSSR count). The molecule has 1 atom stereocenters. The van der Waals surface area contributed by atoms with E-state index in [1.165, 1.54) is 12.5 Å². The van der Waals surface area contributed by atoms with Gasteiger partial charge in [0.15, 0.2) is 0 Å². The van der Waals surface area contributed by atoms with Crippen LogP contribution in [0.25, 0.3) is 5.65 Å². The number of hydrazone groups is 1. The van der Waals surface area contributed by atoms with Crippen LogP contribution in [-0.2, 0) is 0 Å². The van der Waals surface area contributed by atoms with Crippen LogP contribution in [0.5, 0.6) is 5.88 Å². The zero-order chi connectivity index (χ0) is 22.5. The summed E-state index contributed by atoms with van der Waals surface area (Å²) in [7, 11) is 0. The van der Waals surface area contributed by atoms with Gasteiger partial charge in [0.05, 0.1) is 23.6 Å². The van der Waals surface area contributed by atoms with E-state index >= 15 is 0 Å². The summed E-state index contributed by atoms with van der Waals surface area (Å²) in [6, 6.07) is 7.81. The van der Waals surface area contributed by atoms with Gasteiger partial charge in [-0.2, -0.15) is 10.4 Å². The average Bonchev–Trinajstić information content (AvgIpc) is 3.24. The number of nitriles is 1. The van der Waals surface area contributed by atoms with Crippen LogP contribution in [0.4, 0.5) is 0 Å². The minimum atomic E-state index is -0.381. The smallest absolute Gasteiger partial charge is 0.201 e. The van der Waals surface area contributed by atoms with Gasteiger partial charge in [-0.05, 0) is 51.9 Å². The van der Waals surface area contributed by atoms with Crippen molar-refractivity contribution in [1.29, 1.82) is 5.26 Å². The number of ether oxygens (including phenoxy) is 1. The summed E-state index contributed by atoms with van der Waals surface area (Å²) < 4.78 is 7.88. The Bertz CT molecular complexity index is 1190. The summed E-state index contributed by atoms with van der Waals surface area (Å²) in [5, 5.41) is 16.9. The van der Waals surface area contributed by atoms with Gasteiger partial charge in [0, 0.05) is 17.8 Å². The third-order valence-electron chi connectivity index (χ3n) is 5.44. The van der Waals surface area contributed by atoms with Gasteiger partial charge in [0.2, 0.25) is 5.88 Å². The summed E-state index contributed by atoms with van der Waals surface area (Å²) in [4.78, 5) is 17.4. The first-order valence-corrected chi connectivity index (χ1v) is 10.5. The van der Waals surface area contributed by atoms with Gasteiger partial charge >= 0.3 is 0 Å². The van der Waals surface area contributed by atoms with Crippen molar-refractivity contribution in [2.75, 3.05) is 13.1 Å². The molecule has 3 N–H and O–H groups in total. The van der Waals surface area contributed by atoms with Crippen LogP contribution in [0.15, 0.2) is 47.0 Å². The highest BCUT2D eigenvalue weighted by Gasteiger charge is 2.19. The zero-order valence-electron chi connectivity index (χ0n) is 18.1. The van der Waals surface area contributed by atoms with Gasteiger partial charge in [-0.3, -0.25) is 9.39 Å². The Morgan fingerprint density at radius 1 is 1.34 bits per heavy atom. The molecule has 0 aromatic carbocycles. The van der Waals surface area contributed by atoms with E-state index in [9.17, 15) is 5.26 Å². The van der Waals surface area contributed by atoms with Crippen LogP contribution in [0.1, 0.15) is 49.7 Å². The van der Waals surface area contributed by atoms with Crippen molar-refractivity contribution in [2.24, 2.45) is 15.9 Å². The molecule has 32 heavy (non-hydrogen) atoms. The highest BCUT2D eigenvalue weighted by atomic mass is 16.5. The molecule has 0 saturated carbocycles. The van der Waals surface area contributed by atoms with Crippen molar-refractivity contribution in [3.8, 4) is 11.9 Å². The number of imidazole rings is 1.